The summed E-state index contributed by atoms with van der Waals surface area (Å²) in [6.45, 7) is 6.67. The van der Waals surface area contributed by atoms with Crippen LogP contribution in [0.3, 0.4) is 0 Å². The van der Waals surface area contributed by atoms with Crippen molar-refractivity contribution in [3.8, 4) is 5.69 Å². The van der Waals surface area contributed by atoms with Crippen molar-refractivity contribution in [2.24, 2.45) is 7.05 Å². The Kier molecular flexibility index (Phi) is 7.57. The van der Waals surface area contributed by atoms with E-state index < -0.39 is 22.0 Å². The van der Waals surface area contributed by atoms with Crippen molar-refractivity contribution >= 4 is 50.1 Å². The molecule has 0 saturated carbocycles. The second-order valence-corrected chi connectivity index (χ2v) is 13.3. The van der Waals surface area contributed by atoms with Gasteiger partial charge in [-0.1, -0.05) is 17.7 Å². The van der Waals surface area contributed by atoms with Gasteiger partial charge < -0.3 is 10.2 Å². The maximum absolute atomic E-state index is 13.7. The molecule has 1 aliphatic rings. The molecule has 13 nitrogen and oxygen atoms in total. The number of rotatable bonds is 7. The monoisotopic (exact) mass is 647 g/mol. The number of carbonyl (C=O) groups is 1. The summed E-state index contributed by atoms with van der Waals surface area (Å²) in [5, 5.41) is 8.51. The normalized spacial score (nSPS) is 13.6. The quantitative estimate of drug-likeness (QED) is 0.250. The highest BCUT2D eigenvalue weighted by atomic mass is 35.5. The van der Waals surface area contributed by atoms with Gasteiger partial charge in [-0.05, 0) is 56.7 Å². The van der Waals surface area contributed by atoms with Gasteiger partial charge in [-0.2, -0.15) is 5.10 Å². The van der Waals surface area contributed by atoms with Gasteiger partial charge in [0.2, 0.25) is 16.0 Å². The fourth-order valence-corrected chi connectivity index (χ4v) is 6.12. The molecule has 15 heteroatoms. The largest absolute Gasteiger partial charge is 0.377 e. The van der Waals surface area contributed by atoms with E-state index in [0.29, 0.717) is 35.5 Å². The van der Waals surface area contributed by atoms with Crippen LogP contribution in [0.4, 0.5) is 11.6 Å². The third-order valence-electron chi connectivity index (χ3n) is 7.61. The van der Waals surface area contributed by atoms with E-state index >= 15 is 0 Å². The number of aromatic nitrogens is 6. The number of anilines is 2. The second kappa shape index (κ2) is 11.3. The van der Waals surface area contributed by atoms with Crippen molar-refractivity contribution in [1.29, 1.82) is 0 Å². The Labute approximate surface area is 264 Å². The number of fused-ring (bicyclic) bond motifs is 2. The third kappa shape index (κ3) is 5.85. The fraction of sp³-hybridized carbons (Fsp3) is 0.267. The van der Waals surface area contributed by atoms with Crippen LogP contribution in [0.25, 0.3) is 16.6 Å². The van der Waals surface area contributed by atoms with Gasteiger partial charge in [0.05, 0.1) is 52.5 Å². The van der Waals surface area contributed by atoms with E-state index in [1.54, 1.807) is 29.9 Å². The Morgan fingerprint density at radius 3 is 2.60 bits per heavy atom. The Hall–Kier alpha value is -4.82. The lowest BCUT2D eigenvalue weighted by atomic mass is 10.0. The zero-order chi connectivity index (χ0) is 32.2. The molecule has 6 rings (SSSR count). The molecule has 0 fully saturated rings. The lowest BCUT2D eigenvalue weighted by molar-refractivity contribution is 0.0977. The van der Waals surface area contributed by atoms with E-state index in [-0.39, 0.29) is 22.1 Å². The Balaban J connectivity index is 1.36. The fourth-order valence-electron chi connectivity index (χ4n) is 5.54. The molecule has 2 N–H and O–H groups in total. The number of nitrogens with one attached hydrogen (secondary N) is 2. The van der Waals surface area contributed by atoms with Gasteiger partial charge in [0.1, 0.15) is 5.15 Å². The van der Waals surface area contributed by atoms with E-state index in [4.69, 9.17) is 21.7 Å². The molecule has 45 heavy (non-hydrogen) atoms. The first-order valence-electron chi connectivity index (χ1n) is 14.0. The summed E-state index contributed by atoms with van der Waals surface area (Å²) in [5.41, 5.74) is 5.64. The molecular weight excluding hydrogens is 618 g/mol. The number of hydrogen-bond donors (Lipinski definition) is 2. The van der Waals surface area contributed by atoms with E-state index in [1.807, 2.05) is 59.5 Å². The summed E-state index contributed by atoms with van der Waals surface area (Å²) in [5.74, 6) is -0.430. The second-order valence-electron chi connectivity index (χ2n) is 11.1. The van der Waals surface area contributed by atoms with Crippen molar-refractivity contribution in [3.05, 3.63) is 98.1 Å². The molecule has 1 atom stereocenters. The highest BCUT2D eigenvalue weighted by molar-refractivity contribution is 7.89. The van der Waals surface area contributed by atoms with Crippen LogP contribution in [0.5, 0.6) is 0 Å². The maximum Gasteiger partial charge on any atom is 0.285 e. The van der Waals surface area contributed by atoms with Crippen LogP contribution in [-0.2, 0) is 30.2 Å². The molecule has 0 bridgehead atoms. The van der Waals surface area contributed by atoms with E-state index in [0.717, 1.165) is 34.5 Å². The smallest absolute Gasteiger partial charge is 0.285 e. The van der Waals surface area contributed by atoms with Gasteiger partial charge in [0, 0.05) is 37.1 Å². The summed E-state index contributed by atoms with van der Waals surface area (Å²) < 4.78 is 28.8. The predicted octanol–water partition coefficient (Wildman–Crippen LogP) is 3.56. The number of hydrogen-bond acceptors (Lipinski definition) is 10. The first kappa shape index (κ1) is 30.2. The standard InChI is InChI=1S/C30H30ClN9O4S/c1-16-11-20(17(2)33-22-8-9-25(31)34-27(22)28(41)37-45(5,43)44)26-21(12-16)29(42)38(4)30(35-26)39-13-19-14-40(36-23(19)15-39)24-7-6-10-32-18(24)3/h6-12,14,17,33H,13,15H2,1-5H3,(H,37,41)/t17-/m1/s1. The molecule has 5 aromatic rings. The zero-order valence-electron chi connectivity index (χ0n) is 25.2. The van der Waals surface area contributed by atoms with Crippen molar-refractivity contribution in [3.63, 3.8) is 0 Å². The number of amides is 1. The van der Waals surface area contributed by atoms with Crippen LogP contribution >= 0.6 is 11.6 Å². The van der Waals surface area contributed by atoms with E-state index in [9.17, 15) is 18.0 Å². The minimum atomic E-state index is -3.84. The van der Waals surface area contributed by atoms with Crippen LogP contribution in [0.2, 0.25) is 5.15 Å². The molecule has 1 aliphatic heterocycles. The van der Waals surface area contributed by atoms with Crippen LogP contribution in [0.1, 0.15) is 51.5 Å². The van der Waals surface area contributed by atoms with Crippen molar-refractivity contribution in [1.82, 2.24) is 34.0 Å². The Morgan fingerprint density at radius 1 is 1.11 bits per heavy atom. The molecule has 4 aromatic heterocycles. The Morgan fingerprint density at radius 2 is 1.89 bits per heavy atom. The van der Waals surface area contributed by atoms with Gasteiger partial charge in [-0.15, -0.1) is 0 Å². The number of benzene rings is 1. The minimum Gasteiger partial charge on any atom is -0.377 e. The average molecular weight is 648 g/mol. The van der Waals surface area contributed by atoms with Gasteiger partial charge in [0.25, 0.3) is 11.5 Å². The molecule has 0 unspecified atom stereocenters. The molecular formula is C30H30ClN9O4S. The SMILES string of the molecule is Cc1cc([C@@H](C)Nc2ccc(Cl)nc2C(=O)NS(C)(=O)=O)c2nc(N3Cc4cn(-c5cccnc5C)nc4C3)n(C)c(=O)c2c1. The van der Waals surface area contributed by atoms with Gasteiger partial charge in [-0.3, -0.25) is 19.1 Å². The van der Waals surface area contributed by atoms with Crippen LogP contribution in [0.15, 0.2) is 53.6 Å². The number of carbonyl (C=O) groups excluding carboxylic acids is 1. The number of aryl methyl sites for hydroxylation is 2. The van der Waals surface area contributed by atoms with E-state index in [1.165, 1.54) is 6.07 Å². The minimum absolute atomic E-state index is 0.0245. The summed E-state index contributed by atoms with van der Waals surface area (Å²) in [6, 6.07) is 10.1. The summed E-state index contributed by atoms with van der Waals surface area (Å²) in [6.07, 6.45) is 4.61. The zero-order valence-corrected chi connectivity index (χ0v) is 26.7. The molecule has 5 heterocycles. The topological polar surface area (TPSA) is 157 Å². The van der Waals surface area contributed by atoms with Gasteiger partial charge >= 0.3 is 0 Å². The number of nitrogens with zero attached hydrogens (tertiary/aromatic N) is 7. The average Bonchev–Trinajstić information content (AvgIpc) is 3.54. The van der Waals surface area contributed by atoms with Gasteiger partial charge in [0.15, 0.2) is 5.69 Å². The molecule has 1 amide bonds. The van der Waals surface area contributed by atoms with Crippen LogP contribution in [-0.4, -0.2) is 49.9 Å². The summed E-state index contributed by atoms with van der Waals surface area (Å²) in [4.78, 5) is 41.9. The predicted molar refractivity (Wildman–Crippen MR) is 171 cm³/mol. The molecule has 0 spiro atoms. The van der Waals surface area contributed by atoms with Crippen molar-refractivity contribution in [2.45, 2.75) is 39.9 Å². The lowest BCUT2D eigenvalue weighted by Gasteiger charge is -2.23. The van der Waals surface area contributed by atoms with Gasteiger partial charge in [-0.25, -0.2) is 27.8 Å². The van der Waals surface area contributed by atoms with E-state index in [2.05, 4.69) is 15.3 Å². The molecule has 1 aromatic carbocycles. The maximum atomic E-state index is 13.7. The van der Waals surface area contributed by atoms with Crippen molar-refractivity contribution in [2.75, 3.05) is 16.5 Å². The highest BCUT2D eigenvalue weighted by Gasteiger charge is 2.28. The summed E-state index contributed by atoms with van der Waals surface area (Å²) >= 11 is 6.04. The van der Waals surface area contributed by atoms with Crippen LogP contribution < -0.4 is 20.5 Å². The first-order chi connectivity index (χ1) is 21.3. The lowest BCUT2D eigenvalue weighted by Crippen LogP contribution is -2.31. The molecule has 0 saturated heterocycles. The Bertz CT molecular complexity index is 2160. The molecule has 0 radical (unpaired) electrons. The highest BCUT2D eigenvalue weighted by Crippen LogP contribution is 2.31. The third-order valence-corrected chi connectivity index (χ3v) is 8.38. The van der Waals surface area contributed by atoms with Crippen LogP contribution in [0, 0.1) is 13.8 Å². The van der Waals surface area contributed by atoms with Crippen molar-refractivity contribution < 1.29 is 13.2 Å². The summed E-state index contributed by atoms with van der Waals surface area (Å²) in [7, 11) is -2.14. The number of sulfonamides is 1. The molecule has 232 valence electrons. The molecule has 0 aliphatic carbocycles. The first-order valence-corrected chi connectivity index (χ1v) is 16.3. The number of halogens is 1. The number of pyridine rings is 2.